The van der Waals surface area contributed by atoms with E-state index in [1.54, 1.807) is 0 Å². The predicted octanol–water partition coefficient (Wildman–Crippen LogP) is 4.09. The average molecular weight is 286 g/mol. The number of carbonyl (C=O) groups excluding carboxylic acids is 1. The van der Waals surface area contributed by atoms with Crippen LogP contribution < -0.4 is 0 Å². The predicted molar refractivity (Wildman–Crippen MR) is 77.7 cm³/mol. The number of hydrogen-bond acceptors (Lipinski definition) is 3. The van der Waals surface area contributed by atoms with E-state index in [9.17, 15) is 4.79 Å². The van der Waals surface area contributed by atoms with Crippen molar-refractivity contribution in [3.8, 4) is 0 Å². The Kier molecular flexibility index (Phi) is 4.15. The minimum atomic E-state index is -0.319. The highest BCUT2D eigenvalue weighted by Crippen LogP contribution is 2.39. The molecular weight excluding hydrogens is 266 g/mol. The molecule has 0 amide bonds. The number of hydrogen-bond donors (Lipinski definition) is 0. The first-order valence-corrected chi connectivity index (χ1v) is 7.63. The van der Waals surface area contributed by atoms with Crippen LogP contribution in [0.25, 0.3) is 0 Å². The lowest BCUT2D eigenvalue weighted by molar-refractivity contribution is 0.0518. The molecule has 1 aromatic heterocycles. The molecule has 0 aliphatic heterocycles. The van der Waals surface area contributed by atoms with Crippen LogP contribution in [0.2, 0.25) is 4.34 Å². The van der Waals surface area contributed by atoms with Crippen LogP contribution >= 0.6 is 22.9 Å². The Balaban J connectivity index is 2.28. The van der Waals surface area contributed by atoms with Crippen molar-refractivity contribution < 1.29 is 4.79 Å². The molecule has 1 heterocycles. The van der Waals surface area contributed by atoms with Gasteiger partial charge in [0.1, 0.15) is 0 Å². The van der Waals surface area contributed by atoms with Crippen LogP contribution in [0.15, 0.2) is 12.1 Å². The summed E-state index contributed by atoms with van der Waals surface area (Å²) in [5.74, 6) is 0.981. The fraction of sp³-hybridized carbons (Fsp3) is 0.643. The maximum Gasteiger partial charge on any atom is 0.192 e. The summed E-state index contributed by atoms with van der Waals surface area (Å²) in [6, 6.07) is 3.67. The summed E-state index contributed by atoms with van der Waals surface area (Å²) in [4.78, 5) is 15.7. The topological polar surface area (TPSA) is 20.3 Å². The van der Waals surface area contributed by atoms with Gasteiger partial charge in [0.25, 0.3) is 0 Å². The quantitative estimate of drug-likeness (QED) is 0.780. The van der Waals surface area contributed by atoms with Crippen molar-refractivity contribution in [2.75, 3.05) is 14.1 Å². The Morgan fingerprint density at radius 2 is 2.00 bits per heavy atom. The van der Waals surface area contributed by atoms with E-state index in [0.29, 0.717) is 4.34 Å². The Morgan fingerprint density at radius 3 is 2.44 bits per heavy atom. The molecule has 2 rings (SSSR count). The number of rotatable bonds is 3. The molecule has 1 saturated carbocycles. The van der Waals surface area contributed by atoms with E-state index in [-0.39, 0.29) is 11.3 Å². The van der Waals surface area contributed by atoms with Crippen LogP contribution in [0.5, 0.6) is 0 Å². The highest BCUT2D eigenvalue weighted by atomic mass is 35.5. The third-order valence-electron chi connectivity index (χ3n) is 4.18. The van der Waals surface area contributed by atoms with Crippen molar-refractivity contribution in [2.45, 2.75) is 38.1 Å². The van der Waals surface area contributed by atoms with Gasteiger partial charge in [-0.25, -0.2) is 0 Å². The SMILES string of the molecule is CC1CCC(C(=O)c2ccc(Cl)s2)(N(C)C)CC1. The number of likely N-dealkylation sites (N-methyl/N-ethyl adjacent to an activating group) is 1. The number of Topliss-reactive ketones (excluding diaryl/α,β-unsaturated/α-hetero) is 1. The Morgan fingerprint density at radius 1 is 1.39 bits per heavy atom. The van der Waals surface area contributed by atoms with Crippen LogP contribution in [0.4, 0.5) is 0 Å². The summed E-state index contributed by atoms with van der Waals surface area (Å²) in [6.45, 7) is 2.27. The van der Waals surface area contributed by atoms with Crippen LogP contribution in [0.3, 0.4) is 0 Å². The Labute approximate surface area is 118 Å². The van der Waals surface area contributed by atoms with Crippen LogP contribution in [0.1, 0.15) is 42.3 Å². The third-order valence-corrected chi connectivity index (χ3v) is 5.41. The zero-order chi connectivity index (χ0) is 13.3. The Bertz CT molecular complexity index is 433. The van der Waals surface area contributed by atoms with Crippen molar-refractivity contribution in [3.05, 3.63) is 21.3 Å². The summed E-state index contributed by atoms with van der Waals surface area (Å²) in [6.07, 6.45) is 4.16. The zero-order valence-corrected chi connectivity index (χ0v) is 12.8. The second kappa shape index (κ2) is 5.32. The monoisotopic (exact) mass is 285 g/mol. The van der Waals surface area contributed by atoms with E-state index in [1.807, 2.05) is 26.2 Å². The van der Waals surface area contributed by atoms with Crippen LogP contribution in [0, 0.1) is 5.92 Å². The van der Waals surface area contributed by atoms with Gasteiger partial charge in [-0.1, -0.05) is 18.5 Å². The van der Waals surface area contributed by atoms with Crippen molar-refractivity contribution in [2.24, 2.45) is 5.92 Å². The molecule has 0 aromatic carbocycles. The fourth-order valence-electron chi connectivity index (χ4n) is 2.78. The third kappa shape index (κ3) is 2.49. The maximum atomic E-state index is 12.8. The highest BCUT2D eigenvalue weighted by molar-refractivity contribution is 7.18. The lowest BCUT2D eigenvalue weighted by Gasteiger charge is -2.43. The van der Waals surface area contributed by atoms with Crippen molar-refractivity contribution >= 4 is 28.7 Å². The molecule has 1 aromatic rings. The van der Waals surface area contributed by atoms with Crippen molar-refractivity contribution in [1.29, 1.82) is 0 Å². The molecule has 18 heavy (non-hydrogen) atoms. The molecular formula is C14H20ClNOS. The number of carbonyl (C=O) groups is 1. The lowest BCUT2D eigenvalue weighted by atomic mass is 9.73. The van der Waals surface area contributed by atoms with Crippen molar-refractivity contribution in [3.63, 3.8) is 0 Å². The number of nitrogens with zero attached hydrogens (tertiary/aromatic N) is 1. The van der Waals surface area contributed by atoms with Gasteiger partial charge < -0.3 is 0 Å². The molecule has 0 N–H and O–H groups in total. The summed E-state index contributed by atoms with van der Waals surface area (Å²) in [7, 11) is 4.03. The first kappa shape index (κ1) is 14.0. The van der Waals surface area contributed by atoms with E-state index in [0.717, 1.165) is 36.5 Å². The molecule has 100 valence electrons. The van der Waals surface area contributed by atoms with Gasteiger partial charge in [0.15, 0.2) is 5.78 Å². The van der Waals surface area contributed by atoms with E-state index in [1.165, 1.54) is 11.3 Å². The number of ketones is 1. The molecule has 0 saturated heterocycles. The summed E-state index contributed by atoms with van der Waals surface area (Å²) < 4.78 is 0.691. The molecule has 2 nitrogen and oxygen atoms in total. The molecule has 0 spiro atoms. The molecule has 1 aliphatic carbocycles. The number of halogens is 1. The molecule has 0 atom stereocenters. The van der Waals surface area contributed by atoms with Crippen molar-refractivity contribution in [1.82, 2.24) is 4.90 Å². The van der Waals surface area contributed by atoms with Gasteiger partial charge in [-0.05, 0) is 57.8 Å². The summed E-state index contributed by atoms with van der Waals surface area (Å²) >= 11 is 7.34. The summed E-state index contributed by atoms with van der Waals surface area (Å²) in [5, 5.41) is 0. The number of thiophene rings is 1. The smallest absolute Gasteiger partial charge is 0.192 e. The van der Waals surface area contributed by atoms with Crippen LogP contribution in [-0.4, -0.2) is 30.3 Å². The molecule has 0 unspecified atom stereocenters. The molecule has 1 aliphatic rings. The van der Waals surface area contributed by atoms with E-state index >= 15 is 0 Å². The van der Waals surface area contributed by atoms with E-state index in [4.69, 9.17) is 11.6 Å². The van der Waals surface area contributed by atoms with E-state index in [2.05, 4.69) is 11.8 Å². The van der Waals surface area contributed by atoms with Gasteiger partial charge in [-0.15, -0.1) is 11.3 Å². The van der Waals surface area contributed by atoms with E-state index < -0.39 is 0 Å². The fourth-order valence-corrected chi connectivity index (χ4v) is 3.86. The molecule has 4 heteroatoms. The lowest BCUT2D eigenvalue weighted by Crippen LogP contribution is -2.53. The maximum absolute atomic E-state index is 12.8. The van der Waals surface area contributed by atoms with Crippen LogP contribution in [-0.2, 0) is 0 Å². The first-order chi connectivity index (χ1) is 8.45. The van der Waals surface area contributed by atoms with Gasteiger partial charge >= 0.3 is 0 Å². The van der Waals surface area contributed by atoms with Gasteiger partial charge in [0.05, 0.1) is 14.8 Å². The van der Waals surface area contributed by atoms with Gasteiger partial charge in [0, 0.05) is 0 Å². The largest absolute Gasteiger partial charge is 0.297 e. The van der Waals surface area contributed by atoms with Gasteiger partial charge in [-0.3, -0.25) is 9.69 Å². The second-order valence-corrected chi connectivity index (χ2v) is 7.26. The first-order valence-electron chi connectivity index (χ1n) is 6.43. The summed E-state index contributed by atoms with van der Waals surface area (Å²) in [5.41, 5.74) is -0.319. The standard InChI is InChI=1S/C14H20ClNOS/c1-10-6-8-14(9-7-10,16(2)3)13(17)11-4-5-12(15)18-11/h4-5,10H,6-9H2,1-3H3. The minimum Gasteiger partial charge on any atom is -0.297 e. The van der Waals surface area contributed by atoms with Gasteiger partial charge in [-0.2, -0.15) is 0 Å². The average Bonchev–Trinajstić information content (AvgIpc) is 2.76. The Hall–Kier alpha value is -0.380. The zero-order valence-electron chi connectivity index (χ0n) is 11.2. The molecule has 0 radical (unpaired) electrons. The normalized spacial score (nSPS) is 28.6. The molecule has 0 bridgehead atoms. The molecule has 1 fully saturated rings. The minimum absolute atomic E-state index is 0.247. The van der Waals surface area contributed by atoms with Gasteiger partial charge in [0.2, 0.25) is 0 Å². The second-order valence-electron chi connectivity index (χ2n) is 5.54. The highest BCUT2D eigenvalue weighted by Gasteiger charge is 2.43.